The fourth-order valence-corrected chi connectivity index (χ4v) is 11.8. The van der Waals surface area contributed by atoms with E-state index in [1.54, 1.807) is 6.08 Å². The van der Waals surface area contributed by atoms with Crippen LogP contribution in [0.15, 0.2) is 158 Å². The number of hydrogen-bond acceptors (Lipinski definition) is 18. The first kappa shape index (κ1) is 91.6. The lowest BCUT2D eigenvalue weighted by atomic mass is 9.96. The van der Waals surface area contributed by atoms with Crippen LogP contribution in [0.2, 0.25) is 0 Å². The summed E-state index contributed by atoms with van der Waals surface area (Å²) in [4.78, 5) is 13.4. The van der Waals surface area contributed by atoms with Crippen LogP contribution in [0.5, 0.6) is 0 Å². The molecule has 3 rings (SSSR count). The highest BCUT2D eigenvalue weighted by Gasteiger charge is 2.53. The van der Waals surface area contributed by atoms with Crippen molar-refractivity contribution >= 4 is 5.91 Å². The lowest BCUT2D eigenvalue weighted by Gasteiger charge is -2.48. The van der Waals surface area contributed by atoms with Crippen molar-refractivity contribution in [2.75, 3.05) is 26.4 Å². The van der Waals surface area contributed by atoms with Crippen LogP contribution in [-0.4, -0.2) is 193 Å². The molecular formula is C83H135NO18. The second kappa shape index (κ2) is 61.6. The zero-order valence-corrected chi connectivity index (χ0v) is 61.8. The minimum absolute atomic E-state index is 0.212. The summed E-state index contributed by atoms with van der Waals surface area (Å²) in [6, 6.07) is -1.01. The third-order valence-electron chi connectivity index (χ3n) is 18.0. The van der Waals surface area contributed by atoms with Crippen molar-refractivity contribution < 1.29 is 89.4 Å². The van der Waals surface area contributed by atoms with Crippen LogP contribution in [0.25, 0.3) is 0 Å². The number of carbonyl (C=O) groups is 1. The molecular weight excluding hydrogens is 1300 g/mol. The van der Waals surface area contributed by atoms with Gasteiger partial charge in [-0.3, -0.25) is 4.79 Å². The fourth-order valence-electron chi connectivity index (χ4n) is 11.8. The Morgan fingerprint density at radius 1 is 0.363 bits per heavy atom. The lowest BCUT2D eigenvalue weighted by molar-refractivity contribution is -0.379. The third kappa shape index (κ3) is 41.3. The van der Waals surface area contributed by atoms with E-state index in [0.29, 0.717) is 12.8 Å². The van der Waals surface area contributed by atoms with Crippen molar-refractivity contribution in [2.45, 2.75) is 330 Å². The Labute approximate surface area is 612 Å². The Bertz CT molecular complexity index is 2460. The zero-order chi connectivity index (χ0) is 73.9. The van der Waals surface area contributed by atoms with Gasteiger partial charge in [-0.15, -0.1) is 0 Å². The molecule has 102 heavy (non-hydrogen) atoms. The van der Waals surface area contributed by atoms with Gasteiger partial charge < -0.3 is 89.9 Å². The van der Waals surface area contributed by atoms with Gasteiger partial charge in [-0.25, -0.2) is 0 Å². The summed E-state index contributed by atoms with van der Waals surface area (Å²) in [6.45, 7) is 1.56. The summed E-state index contributed by atoms with van der Waals surface area (Å²) in [5.74, 6) is -0.305. The molecule has 580 valence electrons. The van der Waals surface area contributed by atoms with Crippen molar-refractivity contribution in [3.63, 3.8) is 0 Å². The van der Waals surface area contributed by atoms with Crippen LogP contribution in [0.1, 0.15) is 226 Å². The molecule has 17 unspecified atom stereocenters. The first-order valence-electron chi connectivity index (χ1n) is 38.7. The molecule has 0 aliphatic carbocycles. The molecule has 0 aromatic carbocycles. The average Bonchev–Trinajstić information content (AvgIpc) is 0.781. The van der Waals surface area contributed by atoms with Crippen LogP contribution < -0.4 is 5.32 Å². The Kier molecular flexibility index (Phi) is 55.3. The van der Waals surface area contributed by atoms with Crippen molar-refractivity contribution in [1.29, 1.82) is 0 Å². The van der Waals surface area contributed by atoms with E-state index in [2.05, 4.69) is 165 Å². The summed E-state index contributed by atoms with van der Waals surface area (Å²) < 4.78 is 34.4. The van der Waals surface area contributed by atoms with Gasteiger partial charge in [0.25, 0.3) is 0 Å². The van der Waals surface area contributed by atoms with E-state index in [1.165, 1.54) is 57.8 Å². The van der Waals surface area contributed by atoms with Gasteiger partial charge in [0.1, 0.15) is 73.2 Å². The molecule has 3 saturated heterocycles. The van der Waals surface area contributed by atoms with Crippen molar-refractivity contribution in [1.82, 2.24) is 5.32 Å². The minimum atomic E-state index is -1.99. The summed E-state index contributed by atoms with van der Waals surface area (Å²) >= 11 is 0. The first-order chi connectivity index (χ1) is 49.8. The van der Waals surface area contributed by atoms with Gasteiger partial charge in [-0.05, 0) is 122 Å². The molecule has 1 amide bonds. The van der Waals surface area contributed by atoms with Gasteiger partial charge in [0, 0.05) is 6.42 Å². The standard InChI is InChI=1S/C83H135NO18/c1-3-5-7-9-11-13-15-17-19-21-23-24-25-26-27-28-29-30-31-32-33-34-35-36-37-38-39-40-41-42-43-45-47-49-51-53-55-57-59-61-71(89)84-66(67(88)60-58-56-54-52-50-48-46-44-22-20-18-16-14-12-10-8-6-4-2)65-97-81-77(95)74(92)79(69(63-86)99-81)102-83-78(96)75(93)80(70(64-87)100-83)101-82-76(94)73(91)72(90)68(62-85)98-82/h5,7,11,13,17,19,22-24,26-27,29-30,32-33,35-36,38-39,41-42,44,50,52,58,60,66-70,72-83,85-88,90-96H,3-4,6,8-10,12,14-16,18,20-21,25,28,31,34,37,40,43,45-49,51,53-57,59,61-65H2,1-2H3,(H,84,89)/b7-5-,13-11-,19-17-,24-23-,27-26-,30-29-,33-32-,36-35-,39-38-,42-41-,44-22+,52-50+,60-58+. The maximum atomic E-state index is 13.4. The predicted octanol–water partition coefficient (Wildman–Crippen LogP) is 12.4. The first-order valence-corrected chi connectivity index (χ1v) is 38.7. The topological polar surface area (TPSA) is 307 Å². The molecule has 0 aromatic heterocycles. The molecule has 12 N–H and O–H groups in total. The normalized spacial score (nSPS) is 27.1. The third-order valence-corrected chi connectivity index (χ3v) is 18.0. The molecule has 0 spiro atoms. The van der Waals surface area contributed by atoms with Gasteiger partial charge in [0.15, 0.2) is 18.9 Å². The molecule has 3 aliphatic heterocycles. The summed E-state index contributed by atoms with van der Waals surface area (Å²) in [5, 5.41) is 121. The molecule has 0 radical (unpaired) electrons. The van der Waals surface area contributed by atoms with Crippen LogP contribution in [0, 0.1) is 0 Å². The van der Waals surface area contributed by atoms with Gasteiger partial charge in [0.2, 0.25) is 5.91 Å². The number of rotatable bonds is 58. The number of aliphatic hydroxyl groups excluding tert-OH is 11. The highest BCUT2D eigenvalue weighted by molar-refractivity contribution is 5.76. The van der Waals surface area contributed by atoms with Gasteiger partial charge in [-0.2, -0.15) is 0 Å². The van der Waals surface area contributed by atoms with Crippen molar-refractivity contribution in [3.05, 3.63) is 158 Å². The van der Waals surface area contributed by atoms with E-state index in [4.69, 9.17) is 28.4 Å². The number of unbranched alkanes of at least 4 members (excludes halogenated alkanes) is 18. The SMILES string of the molecule is CC/C=C\C/C=C\C/C=C\C/C=C\C/C=C\C/C=C\C/C=C\C/C=C\C/C=C\C/C=C\CCCCCCCCCCC(=O)NC(COC1OC(CO)C(OC2OC(CO)C(OC3OC(CO)C(O)C(O)C3O)C(O)C2O)C(O)C1O)C(O)/C=C/CC/C=C/CC/C=C/CCCCCCCCCC. The number of nitrogens with one attached hydrogen (secondary N) is 1. The second-order valence-electron chi connectivity index (χ2n) is 26.7. The van der Waals surface area contributed by atoms with E-state index in [-0.39, 0.29) is 18.9 Å². The lowest BCUT2D eigenvalue weighted by Crippen LogP contribution is -2.66. The van der Waals surface area contributed by atoms with Gasteiger partial charge in [0.05, 0.1) is 38.6 Å². The van der Waals surface area contributed by atoms with E-state index in [9.17, 15) is 61.0 Å². The molecule has 3 aliphatic rings. The molecule has 3 heterocycles. The number of carbonyl (C=O) groups excluding carboxylic acids is 1. The van der Waals surface area contributed by atoms with Gasteiger partial charge in [-0.1, -0.05) is 255 Å². The Morgan fingerprint density at radius 3 is 1.10 bits per heavy atom. The molecule has 17 atom stereocenters. The number of ether oxygens (including phenoxy) is 6. The Morgan fingerprint density at radius 2 is 0.686 bits per heavy atom. The average molecular weight is 1430 g/mol. The van der Waals surface area contributed by atoms with Crippen molar-refractivity contribution in [3.8, 4) is 0 Å². The zero-order valence-electron chi connectivity index (χ0n) is 61.8. The van der Waals surface area contributed by atoms with E-state index >= 15 is 0 Å². The molecule has 3 fully saturated rings. The molecule has 19 nitrogen and oxygen atoms in total. The molecule has 0 saturated carbocycles. The monoisotopic (exact) mass is 1430 g/mol. The summed E-state index contributed by atoms with van der Waals surface area (Å²) in [5.41, 5.74) is 0. The number of aliphatic hydroxyl groups is 11. The Balaban J connectivity index is 1.37. The molecule has 0 aromatic rings. The maximum Gasteiger partial charge on any atom is 0.220 e. The van der Waals surface area contributed by atoms with E-state index in [0.717, 1.165) is 135 Å². The predicted molar refractivity (Wildman–Crippen MR) is 405 cm³/mol. The van der Waals surface area contributed by atoms with Crippen LogP contribution in [-0.2, 0) is 33.2 Å². The van der Waals surface area contributed by atoms with Gasteiger partial charge >= 0.3 is 0 Å². The smallest absolute Gasteiger partial charge is 0.220 e. The highest BCUT2D eigenvalue weighted by Crippen LogP contribution is 2.33. The number of amides is 1. The highest BCUT2D eigenvalue weighted by atomic mass is 16.8. The Hall–Kier alpha value is -4.59. The summed E-state index contributed by atoms with van der Waals surface area (Å²) in [7, 11) is 0. The molecule has 19 heteroatoms. The number of hydrogen-bond donors (Lipinski definition) is 12. The maximum absolute atomic E-state index is 13.4. The van der Waals surface area contributed by atoms with Crippen LogP contribution >= 0.6 is 0 Å². The molecule has 0 bridgehead atoms. The summed E-state index contributed by atoms with van der Waals surface area (Å²) in [6.07, 6.45) is 63.6. The largest absolute Gasteiger partial charge is 0.394 e. The van der Waals surface area contributed by atoms with Crippen LogP contribution in [0.4, 0.5) is 0 Å². The minimum Gasteiger partial charge on any atom is -0.394 e. The quantitative estimate of drug-likeness (QED) is 0.0199. The van der Waals surface area contributed by atoms with Crippen LogP contribution in [0.3, 0.4) is 0 Å². The second-order valence-corrected chi connectivity index (χ2v) is 26.7. The number of allylic oxidation sites excluding steroid dienone is 25. The van der Waals surface area contributed by atoms with E-state index in [1.807, 2.05) is 6.08 Å². The van der Waals surface area contributed by atoms with E-state index < -0.39 is 124 Å². The van der Waals surface area contributed by atoms with Crippen molar-refractivity contribution in [2.24, 2.45) is 0 Å². The fraction of sp³-hybridized carbons (Fsp3) is 0.675.